The predicted molar refractivity (Wildman–Crippen MR) is 119 cm³/mol. The normalized spacial score (nSPS) is 10.6. The number of carbonyl (C=O) groups excluding carboxylic acids is 1. The molecule has 2 heterocycles. The molecular weight excluding hydrogens is 376 g/mol. The Kier molecular flexibility index (Phi) is 5.30. The van der Waals surface area contributed by atoms with E-state index in [0.717, 1.165) is 39.2 Å². The summed E-state index contributed by atoms with van der Waals surface area (Å²) in [7, 11) is 0. The molecule has 150 valence electrons. The molecule has 0 saturated heterocycles. The number of aryl methyl sites for hydroxylation is 1. The molecule has 0 unspecified atom stereocenters. The number of oxazole rings is 1. The number of amides is 1. The summed E-state index contributed by atoms with van der Waals surface area (Å²) in [5, 5.41) is 6.16. The van der Waals surface area contributed by atoms with Gasteiger partial charge in [0, 0.05) is 36.3 Å². The van der Waals surface area contributed by atoms with Crippen molar-refractivity contribution < 1.29 is 9.21 Å². The molecule has 0 aliphatic carbocycles. The molecule has 4 rings (SSSR count). The number of pyridine rings is 1. The van der Waals surface area contributed by atoms with Gasteiger partial charge in [-0.05, 0) is 60.4 Å². The van der Waals surface area contributed by atoms with Crippen molar-refractivity contribution in [1.29, 1.82) is 0 Å². The van der Waals surface area contributed by atoms with Crippen LogP contribution in [0.1, 0.15) is 18.1 Å². The van der Waals surface area contributed by atoms with Crippen molar-refractivity contribution in [3.63, 3.8) is 0 Å². The number of aromatic nitrogens is 2. The van der Waals surface area contributed by atoms with Crippen molar-refractivity contribution in [1.82, 2.24) is 9.97 Å². The van der Waals surface area contributed by atoms with Crippen LogP contribution in [0.4, 0.5) is 17.4 Å². The molecule has 0 saturated carbocycles. The highest BCUT2D eigenvalue weighted by Gasteiger charge is 2.11. The average molecular weight is 398 g/mol. The Morgan fingerprint density at radius 1 is 0.967 bits per heavy atom. The van der Waals surface area contributed by atoms with Gasteiger partial charge in [-0.3, -0.25) is 9.78 Å². The molecule has 4 aromatic rings. The summed E-state index contributed by atoms with van der Waals surface area (Å²) in [5.74, 6) is 0.586. The van der Waals surface area contributed by atoms with Gasteiger partial charge in [-0.25, -0.2) is 4.98 Å². The van der Waals surface area contributed by atoms with Crippen LogP contribution in [0.3, 0.4) is 0 Å². The van der Waals surface area contributed by atoms with E-state index in [9.17, 15) is 4.79 Å². The maximum atomic E-state index is 11.5. The predicted octanol–water partition coefficient (Wildman–Crippen LogP) is 5.72. The minimum absolute atomic E-state index is 0.0876. The van der Waals surface area contributed by atoms with Gasteiger partial charge in [0.2, 0.25) is 5.91 Å². The Balaban J connectivity index is 1.64. The maximum absolute atomic E-state index is 11.5. The van der Waals surface area contributed by atoms with Crippen LogP contribution in [0.5, 0.6) is 0 Å². The van der Waals surface area contributed by atoms with E-state index in [1.165, 1.54) is 6.92 Å². The number of hydrogen-bond donors (Lipinski definition) is 2. The van der Waals surface area contributed by atoms with Gasteiger partial charge in [0.15, 0.2) is 5.76 Å². The summed E-state index contributed by atoms with van der Waals surface area (Å²) in [5.41, 5.74) is 6.80. The van der Waals surface area contributed by atoms with E-state index in [1.54, 1.807) is 18.6 Å². The molecule has 1 amide bonds. The van der Waals surface area contributed by atoms with Crippen molar-refractivity contribution in [2.75, 3.05) is 10.6 Å². The molecule has 30 heavy (non-hydrogen) atoms. The van der Waals surface area contributed by atoms with E-state index in [0.29, 0.717) is 11.8 Å². The summed E-state index contributed by atoms with van der Waals surface area (Å²) in [6, 6.07) is 16.2. The smallest absolute Gasteiger partial charge is 0.299 e. The second-order valence-electron chi connectivity index (χ2n) is 7.08. The minimum Gasteiger partial charge on any atom is -0.423 e. The van der Waals surface area contributed by atoms with Gasteiger partial charge in [-0.1, -0.05) is 24.3 Å². The first-order chi connectivity index (χ1) is 14.5. The van der Waals surface area contributed by atoms with Crippen LogP contribution < -0.4 is 10.6 Å². The van der Waals surface area contributed by atoms with Crippen molar-refractivity contribution >= 4 is 23.3 Å². The summed E-state index contributed by atoms with van der Waals surface area (Å²) < 4.78 is 5.86. The number of hydrogen-bond acceptors (Lipinski definition) is 5. The van der Waals surface area contributed by atoms with Crippen molar-refractivity contribution in [3.05, 3.63) is 78.2 Å². The van der Waals surface area contributed by atoms with Gasteiger partial charge in [0.1, 0.15) is 0 Å². The third-order valence-corrected chi connectivity index (χ3v) is 4.91. The molecule has 2 N–H and O–H groups in total. The van der Waals surface area contributed by atoms with Gasteiger partial charge in [0.25, 0.3) is 6.01 Å². The van der Waals surface area contributed by atoms with Gasteiger partial charge in [-0.2, -0.15) is 0 Å². The van der Waals surface area contributed by atoms with Crippen LogP contribution in [0.2, 0.25) is 0 Å². The van der Waals surface area contributed by atoms with Crippen LogP contribution in [0, 0.1) is 13.8 Å². The standard InChI is InChI=1S/C24H22N4O2/c1-15-7-8-19(20-5-4-6-21(16(20)2)27-17(3)29)13-22(15)28-24-26-14-23(30-24)18-9-11-25-12-10-18/h4-14H,1-3H3,(H,26,28)(H,27,29). The van der Waals surface area contributed by atoms with E-state index in [2.05, 4.69) is 38.8 Å². The molecule has 0 radical (unpaired) electrons. The van der Waals surface area contributed by atoms with Gasteiger partial charge in [-0.15, -0.1) is 0 Å². The molecule has 2 aromatic carbocycles. The Hall–Kier alpha value is -3.93. The van der Waals surface area contributed by atoms with Gasteiger partial charge >= 0.3 is 0 Å². The van der Waals surface area contributed by atoms with Crippen LogP contribution in [-0.2, 0) is 4.79 Å². The lowest BCUT2D eigenvalue weighted by atomic mass is 9.97. The first-order valence-electron chi connectivity index (χ1n) is 9.63. The molecule has 0 fully saturated rings. The number of rotatable bonds is 5. The highest BCUT2D eigenvalue weighted by atomic mass is 16.4. The van der Waals surface area contributed by atoms with E-state index in [4.69, 9.17) is 4.42 Å². The van der Waals surface area contributed by atoms with Crippen LogP contribution in [0.25, 0.3) is 22.5 Å². The average Bonchev–Trinajstić information content (AvgIpc) is 3.20. The fraction of sp³-hybridized carbons (Fsp3) is 0.125. The first-order valence-corrected chi connectivity index (χ1v) is 9.63. The second kappa shape index (κ2) is 8.21. The fourth-order valence-electron chi connectivity index (χ4n) is 3.29. The lowest BCUT2D eigenvalue weighted by Gasteiger charge is -2.14. The summed E-state index contributed by atoms with van der Waals surface area (Å²) in [4.78, 5) is 19.9. The molecule has 0 aliphatic heterocycles. The van der Waals surface area contributed by atoms with Crippen LogP contribution in [0.15, 0.2) is 71.5 Å². The van der Waals surface area contributed by atoms with E-state index in [1.807, 2.05) is 44.2 Å². The van der Waals surface area contributed by atoms with Crippen molar-refractivity contribution in [3.8, 4) is 22.5 Å². The Labute approximate surface area is 175 Å². The zero-order valence-electron chi connectivity index (χ0n) is 17.1. The molecule has 0 bridgehead atoms. The second-order valence-corrected chi connectivity index (χ2v) is 7.08. The zero-order chi connectivity index (χ0) is 21.1. The maximum Gasteiger partial charge on any atom is 0.299 e. The molecule has 2 aromatic heterocycles. The largest absolute Gasteiger partial charge is 0.423 e. The zero-order valence-corrected chi connectivity index (χ0v) is 17.1. The topological polar surface area (TPSA) is 80.0 Å². The lowest BCUT2D eigenvalue weighted by molar-refractivity contribution is -0.114. The SMILES string of the molecule is CC(=O)Nc1cccc(-c2ccc(C)c(Nc3ncc(-c4ccncc4)o3)c2)c1C. The van der Waals surface area contributed by atoms with Gasteiger partial charge < -0.3 is 15.1 Å². The Morgan fingerprint density at radius 3 is 2.53 bits per heavy atom. The molecule has 0 spiro atoms. The van der Waals surface area contributed by atoms with E-state index >= 15 is 0 Å². The third-order valence-electron chi connectivity index (χ3n) is 4.91. The van der Waals surface area contributed by atoms with Crippen LogP contribution in [-0.4, -0.2) is 15.9 Å². The molecule has 6 nitrogen and oxygen atoms in total. The number of anilines is 3. The Morgan fingerprint density at radius 2 is 1.77 bits per heavy atom. The minimum atomic E-state index is -0.0876. The lowest BCUT2D eigenvalue weighted by Crippen LogP contribution is -2.07. The highest BCUT2D eigenvalue weighted by molar-refractivity contribution is 5.91. The number of carbonyl (C=O) groups is 1. The monoisotopic (exact) mass is 398 g/mol. The molecule has 0 aliphatic rings. The van der Waals surface area contributed by atoms with Crippen molar-refractivity contribution in [2.45, 2.75) is 20.8 Å². The van der Waals surface area contributed by atoms with Gasteiger partial charge in [0.05, 0.1) is 6.20 Å². The van der Waals surface area contributed by atoms with Crippen molar-refractivity contribution in [2.24, 2.45) is 0 Å². The summed E-state index contributed by atoms with van der Waals surface area (Å²) >= 11 is 0. The molecule has 0 atom stereocenters. The number of benzene rings is 2. The number of nitrogens with one attached hydrogen (secondary N) is 2. The summed E-state index contributed by atoms with van der Waals surface area (Å²) in [6.45, 7) is 5.54. The quantitative estimate of drug-likeness (QED) is 0.449. The third kappa shape index (κ3) is 4.07. The van der Waals surface area contributed by atoms with E-state index < -0.39 is 0 Å². The fourth-order valence-corrected chi connectivity index (χ4v) is 3.29. The molecular formula is C24H22N4O2. The summed E-state index contributed by atoms with van der Waals surface area (Å²) in [6.07, 6.45) is 5.13. The Bertz CT molecular complexity index is 1200. The molecule has 6 heteroatoms. The highest BCUT2D eigenvalue weighted by Crippen LogP contribution is 2.33. The van der Waals surface area contributed by atoms with E-state index in [-0.39, 0.29) is 5.91 Å². The van der Waals surface area contributed by atoms with Crippen LogP contribution >= 0.6 is 0 Å². The first kappa shape index (κ1) is 19.4. The number of nitrogens with zero attached hydrogens (tertiary/aromatic N) is 2.